The van der Waals surface area contributed by atoms with Crippen LogP contribution in [0.15, 0.2) is 42.5 Å². The lowest BCUT2D eigenvalue weighted by atomic mass is 9.87. The summed E-state index contributed by atoms with van der Waals surface area (Å²) in [6, 6.07) is 11.7. The molecule has 146 valence electrons. The van der Waals surface area contributed by atoms with E-state index in [1.165, 1.54) is 23.1 Å². The van der Waals surface area contributed by atoms with Crippen LogP contribution in [-0.2, 0) is 15.0 Å². The summed E-state index contributed by atoms with van der Waals surface area (Å²) in [5, 5.41) is 11.9. The molecule has 0 aliphatic carbocycles. The van der Waals surface area contributed by atoms with Crippen molar-refractivity contribution in [1.82, 2.24) is 0 Å². The van der Waals surface area contributed by atoms with Gasteiger partial charge in [-0.15, -0.1) is 0 Å². The van der Waals surface area contributed by atoms with Crippen molar-refractivity contribution in [2.45, 2.75) is 26.2 Å². The minimum atomic E-state index is -1.12. The van der Waals surface area contributed by atoms with E-state index in [0.717, 1.165) is 5.56 Å². The summed E-state index contributed by atoms with van der Waals surface area (Å²) in [6.07, 6.45) is 0. The Morgan fingerprint density at radius 1 is 1.14 bits per heavy atom. The van der Waals surface area contributed by atoms with Crippen molar-refractivity contribution in [3.05, 3.63) is 53.6 Å². The summed E-state index contributed by atoms with van der Waals surface area (Å²) in [5.41, 5.74) is 2.06. The van der Waals surface area contributed by atoms with Crippen LogP contribution in [0.3, 0.4) is 0 Å². The second-order valence-corrected chi connectivity index (χ2v) is 7.63. The number of carboxylic acids is 1. The van der Waals surface area contributed by atoms with Crippen LogP contribution in [0.5, 0.6) is 5.75 Å². The number of amides is 2. The zero-order chi connectivity index (χ0) is 20.5. The van der Waals surface area contributed by atoms with Gasteiger partial charge in [-0.1, -0.05) is 32.9 Å². The van der Waals surface area contributed by atoms with Crippen LogP contribution >= 0.6 is 0 Å². The van der Waals surface area contributed by atoms with Gasteiger partial charge in [-0.05, 0) is 41.3 Å². The third-order valence-corrected chi connectivity index (χ3v) is 4.49. The predicted molar refractivity (Wildman–Crippen MR) is 105 cm³/mol. The number of carbonyl (C=O) groups excluding carboxylic acids is 2. The van der Waals surface area contributed by atoms with Gasteiger partial charge < -0.3 is 15.2 Å². The first-order chi connectivity index (χ1) is 13.1. The quantitative estimate of drug-likeness (QED) is 0.847. The minimum Gasteiger partial charge on any atom is -0.482 e. The van der Waals surface area contributed by atoms with Gasteiger partial charge in [-0.25, -0.2) is 4.79 Å². The van der Waals surface area contributed by atoms with Gasteiger partial charge in [0.25, 0.3) is 5.91 Å². The van der Waals surface area contributed by atoms with E-state index in [9.17, 15) is 19.5 Å². The summed E-state index contributed by atoms with van der Waals surface area (Å²) in [6.45, 7) is 5.88. The molecule has 7 nitrogen and oxygen atoms in total. The van der Waals surface area contributed by atoms with Crippen LogP contribution in [0.4, 0.5) is 11.4 Å². The molecule has 0 atom stereocenters. The smallest absolute Gasteiger partial charge is 0.335 e. The van der Waals surface area contributed by atoms with Gasteiger partial charge in [0.15, 0.2) is 6.61 Å². The van der Waals surface area contributed by atoms with Crippen LogP contribution in [0.25, 0.3) is 0 Å². The zero-order valence-corrected chi connectivity index (χ0v) is 16.0. The monoisotopic (exact) mass is 382 g/mol. The highest BCUT2D eigenvalue weighted by molar-refractivity contribution is 6.05. The van der Waals surface area contributed by atoms with E-state index >= 15 is 0 Å². The van der Waals surface area contributed by atoms with Gasteiger partial charge in [-0.2, -0.15) is 0 Å². The van der Waals surface area contributed by atoms with E-state index in [4.69, 9.17) is 4.74 Å². The molecule has 28 heavy (non-hydrogen) atoms. The van der Waals surface area contributed by atoms with Gasteiger partial charge in [0, 0.05) is 5.69 Å². The van der Waals surface area contributed by atoms with E-state index < -0.39 is 11.9 Å². The molecule has 0 saturated heterocycles. The number of fused-ring (bicyclic) bond motifs is 1. The third kappa shape index (κ3) is 4.14. The lowest BCUT2D eigenvalue weighted by Crippen LogP contribution is -2.43. The number of aromatic carboxylic acids is 1. The fourth-order valence-corrected chi connectivity index (χ4v) is 2.91. The first kappa shape index (κ1) is 19.4. The molecule has 0 radical (unpaired) electrons. The van der Waals surface area contributed by atoms with Crippen LogP contribution in [0.2, 0.25) is 0 Å². The summed E-state index contributed by atoms with van der Waals surface area (Å²) in [4.78, 5) is 37.2. The van der Waals surface area contributed by atoms with Crippen molar-refractivity contribution in [2.24, 2.45) is 0 Å². The molecule has 7 heteroatoms. The molecule has 1 heterocycles. The molecule has 2 aromatic rings. The van der Waals surface area contributed by atoms with Crippen molar-refractivity contribution in [3.63, 3.8) is 0 Å². The van der Waals surface area contributed by atoms with Crippen molar-refractivity contribution in [3.8, 4) is 5.75 Å². The highest BCUT2D eigenvalue weighted by Gasteiger charge is 2.28. The van der Waals surface area contributed by atoms with Gasteiger partial charge in [0.2, 0.25) is 5.91 Å². The summed E-state index contributed by atoms with van der Waals surface area (Å²) in [7, 11) is 0. The molecule has 2 amide bonds. The van der Waals surface area contributed by atoms with E-state index in [1.807, 2.05) is 24.3 Å². The maximum atomic E-state index is 12.5. The lowest BCUT2D eigenvalue weighted by molar-refractivity contribution is -0.123. The van der Waals surface area contributed by atoms with Crippen LogP contribution < -0.4 is 15.0 Å². The number of hydrogen-bond donors (Lipinski definition) is 2. The fourth-order valence-electron chi connectivity index (χ4n) is 2.91. The second-order valence-electron chi connectivity index (χ2n) is 7.63. The molecule has 3 rings (SSSR count). The van der Waals surface area contributed by atoms with E-state index in [1.54, 1.807) is 0 Å². The molecule has 0 unspecified atom stereocenters. The number of nitrogens with zero attached hydrogens (tertiary/aromatic N) is 1. The molecular weight excluding hydrogens is 360 g/mol. The highest BCUT2D eigenvalue weighted by Crippen LogP contribution is 2.33. The number of carboxylic acid groups (broad SMARTS) is 1. The summed E-state index contributed by atoms with van der Waals surface area (Å²) in [5.74, 6) is -1.55. The van der Waals surface area contributed by atoms with E-state index in [2.05, 4.69) is 26.1 Å². The summed E-state index contributed by atoms with van der Waals surface area (Å²) < 4.78 is 5.33. The van der Waals surface area contributed by atoms with Crippen molar-refractivity contribution >= 4 is 29.2 Å². The SMILES string of the molecule is CC(C)(C)c1ccc(NC(=O)CN2C(=O)COc3ccc(C(=O)O)cc32)cc1. The maximum absolute atomic E-state index is 12.5. The molecule has 1 aliphatic rings. The molecule has 0 spiro atoms. The van der Waals surface area contributed by atoms with Crippen molar-refractivity contribution in [2.75, 3.05) is 23.4 Å². The fraction of sp³-hybridized carbons (Fsp3) is 0.286. The maximum Gasteiger partial charge on any atom is 0.335 e. The van der Waals surface area contributed by atoms with Crippen LogP contribution in [-0.4, -0.2) is 36.0 Å². The number of nitrogens with one attached hydrogen (secondary N) is 1. The van der Waals surface area contributed by atoms with Crippen LogP contribution in [0, 0.1) is 0 Å². The van der Waals surface area contributed by atoms with Gasteiger partial charge in [-0.3, -0.25) is 14.5 Å². The first-order valence-corrected chi connectivity index (χ1v) is 8.86. The number of anilines is 2. The summed E-state index contributed by atoms with van der Waals surface area (Å²) >= 11 is 0. The third-order valence-electron chi connectivity index (χ3n) is 4.49. The van der Waals surface area contributed by atoms with Gasteiger partial charge in [0.1, 0.15) is 12.3 Å². The minimum absolute atomic E-state index is 0.00825. The second kappa shape index (κ2) is 7.34. The average molecular weight is 382 g/mol. The lowest BCUT2D eigenvalue weighted by Gasteiger charge is -2.29. The van der Waals surface area contributed by atoms with E-state index in [-0.39, 0.29) is 35.7 Å². The average Bonchev–Trinajstić information content (AvgIpc) is 2.63. The molecule has 0 bridgehead atoms. The largest absolute Gasteiger partial charge is 0.482 e. The Morgan fingerprint density at radius 2 is 1.82 bits per heavy atom. The molecule has 2 N–H and O–H groups in total. The number of hydrogen-bond acceptors (Lipinski definition) is 4. The molecule has 0 aromatic heterocycles. The molecular formula is C21H22N2O5. The standard InChI is InChI=1S/C21H22N2O5/c1-21(2,3)14-5-7-15(8-6-14)22-18(24)11-23-16-10-13(20(26)27)4-9-17(16)28-12-19(23)25/h4-10H,11-12H2,1-3H3,(H,22,24)(H,26,27). The first-order valence-electron chi connectivity index (χ1n) is 8.86. The molecule has 2 aromatic carbocycles. The van der Waals surface area contributed by atoms with Crippen LogP contribution in [0.1, 0.15) is 36.7 Å². The van der Waals surface area contributed by atoms with Crippen molar-refractivity contribution < 1.29 is 24.2 Å². The molecule has 0 fully saturated rings. The van der Waals surface area contributed by atoms with Crippen molar-refractivity contribution in [1.29, 1.82) is 0 Å². The Kier molecular flexibility index (Phi) is 5.09. The Hall–Kier alpha value is -3.35. The predicted octanol–water partition coefficient (Wildman–Crippen LogP) is 3.05. The highest BCUT2D eigenvalue weighted by atomic mass is 16.5. The normalized spacial score (nSPS) is 13.5. The molecule has 0 saturated carbocycles. The van der Waals surface area contributed by atoms with E-state index in [0.29, 0.717) is 11.4 Å². The zero-order valence-electron chi connectivity index (χ0n) is 16.0. The number of carbonyl (C=O) groups is 3. The number of rotatable bonds is 4. The topological polar surface area (TPSA) is 95.9 Å². The Labute approximate surface area is 162 Å². The molecule has 1 aliphatic heterocycles. The number of benzene rings is 2. The Morgan fingerprint density at radius 3 is 2.43 bits per heavy atom. The van der Waals surface area contributed by atoms with Gasteiger partial charge >= 0.3 is 5.97 Å². The number of ether oxygens (including phenoxy) is 1. The van der Waals surface area contributed by atoms with Gasteiger partial charge in [0.05, 0.1) is 11.3 Å². The Balaban J connectivity index is 1.76. The Bertz CT molecular complexity index is 929.